The van der Waals surface area contributed by atoms with Crippen LogP contribution in [0.15, 0.2) is 72.9 Å². The first-order chi connectivity index (χ1) is 33.2. The summed E-state index contributed by atoms with van der Waals surface area (Å²) in [5.74, 6) is -1.63. The molecular weight excluding hydrogens is 880 g/mol. The predicted molar refractivity (Wildman–Crippen MR) is 279 cm³/mol. The van der Waals surface area contributed by atoms with E-state index in [0.29, 0.717) is 19.3 Å². The summed E-state index contributed by atoms with van der Waals surface area (Å²) in [6.07, 6.45) is 54.7. The van der Waals surface area contributed by atoms with E-state index in [1.54, 1.807) is 6.08 Å². The normalized spacial score (nSPS) is 14.0. The number of phosphoric ester groups is 1. The van der Waals surface area contributed by atoms with Crippen LogP contribution < -0.4 is 0 Å². The largest absolute Gasteiger partial charge is 0.472 e. The van der Waals surface area contributed by atoms with Gasteiger partial charge in [0.25, 0.3) is 0 Å². The van der Waals surface area contributed by atoms with E-state index >= 15 is 0 Å². The predicted octanol–water partition coefficient (Wildman–Crippen LogP) is 15.4. The topological polar surface area (TPSA) is 155 Å². The van der Waals surface area contributed by atoms with Crippen LogP contribution in [0.3, 0.4) is 0 Å². The first kappa shape index (κ1) is 64.9. The van der Waals surface area contributed by atoms with Gasteiger partial charge in [-0.2, -0.15) is 0 Å². The number of carbonyl (C=O) groups is 3. The number of phosphoric acid groups is 1. The van der Waals surface area contributed by atoms with Crippen molar-refractivity contribution < 1.29 is 52.2 Å². The quantitative estimate of drug-likeness (QED) is 0.0197. The third-order valence-electron chi connectivity index (χ3n) is 11.1. The molecule has 3 atom stereocenters. The number of carbonyl (C=O) groups excluding carboxylic acids is 3. The summed E-state index contributed by atoms with van der Waals surface area (Å²) in [5.41, 5.74) is 0. The van der Waals surface area contributed by atoms with Gasteiger partial charge in [0.1, 0.15) is 12.7 Å². The third-order valence-corrected chi connectivity index (χ3v) is 12.1. The van der Waals surface area contributed by atoms with Gasteiger partial charge in [0.2, 0.25) is 0 Å². The van der Waals surface area contributed by atoms with Crippen LogP contribution in [0.1, 0.15) is 226 Å². The smallest absolute Gasteiger partial charge is 0.461 e. The molecule has 0 bridgehead atoms. The Morgan fingerprint density at radius 1 is 0.441 bits per heavy atom. The molecule has 0 heterocycles. The fourth-order valence-corrected chi connectivity index (χ4v) is 7.85. The molecule has 392 valence electrons. The van der Waals surface area contributed by atoms with Gasteiger partial charge in [-0.1, -0.05) is 209 Å². The number of esters is 3. The molecule has 0 aromatic rings. The Morgan fingerprint density at radius 2 is 0.809 bits per heavy atom. The SMILES string of the molecule is CC/C=C\C/C=C\C/C=C\C/C=C\C/C=C\CC(=O)OCC(COP(=O)(O)OCC(CO)OC(=O)CCCCCCCCCCCCCCC)OC(=O)CCCCCCC/C=C\CCCCCC. The van der Waals surface area contributed by atoms with Gasteiger partial charge in [-0.15, -0.1) is 0 Å². The highest BCUT2D eigenvalue weighted by Gasteiger charge is 2.28. The van der Waals surface area contributed by atoms with E-state index in [4.69, 9.17) is 23.3 Å². The summed E-state index contributed by atoms with van der Waals surface area (Å²) in [6, 6.07) is 0. The van der Waals surface area contributed by atoms with Gasteiger partial charge >= 0.3 is 25.7 Å². The number of aliphatic hydroxyl groups is 1. The second-order valence-corrected chi connectivity index (χ2v) is 19.1. The standard InChI is InChI=1S/C56H97O11P/c1-4-7-10-13-16-19-22-25-26-29-30-33-36-39-42-45-54(58)63-49-53(67-56(60)47-44-41-38-35-32-28-24-21-18-15-12-9-6-3)51-65-68(61,62)64-50-52(48-57)66-55(59)46-43-40-37-34-31-27-23-20-17-14-11-8-5-2/h7,10,16,19,21,24-26,30,33,39,42,52-53,57H,4-6,8-9,11-15,17-18,20,22-23,27-29,31-32,34-38,40-41,43-51H2,1-3H3,(H,61,62)/b10-7-,19-16-,24-21-,26-25-,33-30-,42-39-. The van der Waals surface area contributed by atoms with Crippen LogP contribution in [0.25, 0.3) is 0 Å². The molecule has 12 heteroatoms. The fourth-order valence-electron chi connectivity index (χ4n) is 7.07. The van der Waals surface area contributed by atoms with Crippen molar-refractivity contribution in [1.82, 2.24) is 0 Å². The first-order valence-corrected chi connectivity index (χ1v) is 28.3. The zero-order valence-corrected chi connectivity index (χ0v) is 43.9. The zero-order chi connectivity index (χ0) is 49.9. The number of hydrogen-bond donors (Lipinski definition) is 2. The van der Waals surface area contributed by atoms with Crippen molar-refractivity contribution >= 4 is 25.7 Å². The average molecular weight is 977 g/mol. The molecule has 0 radical (unpaired) electrons. The van der Waals surface area contributed by atoms with Crippen molar-refractivity contribution in [3.8, 4) is 0 Å². The van der Waals surface area contributed by atoms with Crippen LogP contribution in [0.5, 0.6) is 0 Å². The molecule has 0 spiro atoms. The van der Waals surface area contributed by atoms with Crippen LogP contribution in [0.2, 0.25) is 0 Å². The highest BCUT2D eigenvalue weighted by atomic mass is 31.2. The van der Waals surface area contributed by atoms with Crippen molar-refractivity contribution in [3.63, 3.8) is 0 Å². The van der Waals surface area contributed by atoms with Crippen molar-refractivity contribution in [1.29, 1.82) is 0 Å². The Labute approximate surface area is 414 Å². The van der Waals surface area contributed by atoms with Crippen LogP contribution in [-0.4, -0.2) is 66.5 Å². The Bertz CT molecular complexity index is 1420. The summed E-state index contributed by atoms with van der Waals surface area (Å²) in [7, 11) is -4.76. The first-order valence-electron chi connectivity index (χ1n) is 26.8. The van der Waals surface area contributed by atoms with E-state index in [1.165, 1.54) is 83.5 Å². The maximum absolute atomic E-state index is 12.8. The minimum absolute atomic E-state index is 0.00791. The monoisotopic (exact) mass is 977 g/mol. The van der Waals surface area contributed by atoms with Gasteiger partial charge in [-0.25, -0.2) is 4.57 Å². The zero-order valence-electron chi connectivity index (χ0n) is 43.1. The molecule has 0 aliphatic rings. The summed E-state index contributed by atoms with van der Waals surface area (Å²) in [5, 5.41) is 9.78. The number of ether oxygens (including phenoxy) is 3. The molecule has 2 N–H and O–H groups in total. The highest BCUT2D eigenvalue weighted by molar-refractivity contribution is 7.47. The second kappa shape index (κ2) is 50.3. The molecule has 0 saturated heterocycles. The molecule has 3 unspecified atom stereocenters. The van der Waals surface area contributed by atoms with Crippen molar-refractivity contribution in [3.05, 3.63) is 72.9 Å². The van der Waals surface area contributed by atoms with E-state index in [9.17, 15) is 28.9 Å². The molecule has 0 fully saturated rings. The number of aliphatic hydroxyl groups excluding tert-OH is 1. The lowest BCUT2D eigenvalue weighted by Crippen LogP contribution is -2.30. The number of unbranched alkanes of at least 4 members (excludes halogenated alkanes) is 21. The van der Waals surface area contributed by atoms with Gasteiger partial charge in [0, 0.05) is 12.8 Å². The Hall–Kier alpha value is -3.08. The van der Waals surface area contributed by atoms with Crippen LogP contribution in [0.4, 0.5) is 0 Å². The Morgan fingerprint density at radius 3 is 1.25 bits per heavy atom. The van der Waals surface area contributed by atoms with Gasteiger partial charge < -0.3 is 24.2 Å². The van der Waals surface area contributed by atoms with Gasteiger partial charge in [0.15, 0.2) is 6.10 Å². The maximum atomic E-state index is 12.8. The molecule has 11 nitrogen and oxygen atoms in total. The highest BCUT2D eigenvalue weighted by Crippen LogP contribution is 2.43. The number of rotatable bonds is 49. The molecule has 0 aromatic carbocycles. The average Bonchev–Trinajstić information content (AvgIpc) is 3.32. The molecule has 0 saturated carbocycles. The molecule has 0 amide bonds. The summed E-state index contributed by atoms with van der Waals surface area (Å²) >= 11 is 0. The van der Waals surface area contributed by atoms with E-state index < -0.39 is 64.4 Å². The summed E-state index contributed by atoms with van der Waals surface area (Å²) < 4.78 is 39.3. The van der Waals surface area contributed by atoms with Gasteiger partial charge in [-0.05, 0) is 70.6 Å². The van der Waals surface area contributed by atoms with Gasteiger partial charge in [-0.3, -0.25) is 23.4 Å². The minimum atomic E-state index is -4.76. The fraction of sp³-hybridized carbons (Fsp3) is 0.732. The van der Waals surface area contributed by atoms with Crippen LogP contribution in [-0.2, 0) is 42.2 Å². The van der Waals surface area contributed by atoms with Crippen LogP contribution >= 0.6 is 7.82 Å². The van der Waals surface area contributed by atoms with E-state index in [2.05, 4.69) is 75.5 Å². The van der Waals surface area contributed by atoms with E-state index in [-0.39, 0.29) is 19.3 Å². The Balaban J connectivity index is 4.84. The lowest BCUT2D eigenvalue weighted by Gasteiger charge is -2.21. The van der Waals surface area contributed by atoms with Crippen molar-refractivity contribution in [2.75, 3.05) is 26.4 Å². The second-order valence-electron chi connectivity index (χ2n) is 17.7. The molecule has 0 rings (SSSR count). The number of hydrogen-bond acceptors (Lipinski definition) is 10. The van der Waals surface area contributed by atoms with E-state index in [0.717, 1.165) is 83.5 Å². The summed E-state index contributed by atoms with van der Waals surface area (Å²) in [6.45, 7) is 4.39. The lowest BCUT2D eigenvalue weighted by atomic mass is 10.0. The maximum Gasteiger partial charge on any atom is 0.472 e. The van der Waals surface area contributed by atoms with Crippen molar-refractivity contribution in [2.45, 2.75) is 238 Å². The van der Waals surface area contributed by atoms with Crippen LogP contribution in [0, 0.1) is 0 Å². The lowest BCUT2D eigenvalue weighted by molar-refractivity contribution is -0.161. The Kier molecular flexibility index (Phi) is 48.0. The molecular formula is C56H97O11P. The molecule has 0 aliphatic carbocycles. The molecule has 0 aromatic heterocycles. The van der Waals surface area contributed by atoms with E-state index in [1.807, 2.05) is 12.2 Å². The molecule has 0 aliphatic heterocycles. The molecule has 68 heavy (non-hydrogen) atoms. The summed E-state index contributed by atoms with van der Waals surface area (Å²) in [4.78, 5) is 48.3. The van der Waals surface area contributed by atoms with Crippen molar-refractivity contribution in [2.24, 2.45) is 0 Å². The number of allylic oxidation sites excluding steroid dienone is 11. The van der Waals surface area contributed by atoms with Gasteiger partial charge in [0.05, 0.1) is 26.2 Å². The minimum Gasteiger partial charge on any atom is -0.461 e. The third kappa shape index (κ3) is 48.0.